The first kappa shape index (κ1) is 32.2. The van der Waals surface area contributed by atoms with Crippen LogP contribution >= 0.6 is 0 Å². The van der Waals surface area contributed by atoms with Crippen LogP contribution in [0.4, 0.5) is 0 Å². The lowest BCUT2D eigenvalue weighted by Crippen LogP contribution is -2.70. The molecule has 0 aromatic heterocycles. The van der Waals surface area contributed by atoms with Crippen LogP contribution in [0, 0.1) is 58.2 Å². The minimum Gasteiger partial charge on any atom is -0.390 e. The fourth-order valence-electron chi connectivity index (χ4n) is 9.50. The largest absolute Gasteiger partial charge is 0.397 e. The average molecular weight is 593 g/mol. The van der Waals surface area contributed by atoms with E-state index in [-0.39, 0.29) is 36.4 Å². The van der Waals surface area contributed by atoms with Gasteiger partial charge in [-0.1, -0.05) is 41.5 Å². The maximum absolute atomic E-state index is 13.7. The third-order valence-electron chi connectivity index (χ3n) is 12.0. The van der Waals surface area contributed by atoms with Crippen molar-refractivity contribution in [3.8, 4) is 0 Å². The molecule has 40 heavy (non-hydrogen) atoms. The highest BCUT2D eigenvalue weighted by molar-refractivity contribution is 7.80. The Kier molecular flexibility index (Phi) is 8.68. The number of carbonyl (C=O) groups is 1. The molecule has 11 nitrogen and oxygen atoms in total. The molecule has 0 heterocycles. The van der Waals surface area contributed by atoms with Crippen molar-refractivity contribution in [2.75, 3.05) is 0 Å². The molecule has 0 aliphatic heterocycles. The van der Waals surface area contributed by atoms with Crippen molar-refractivity contribution in [2.24, 2.45) is 58.2 Å². The normalized spacial score (nSPS) is 48.6. The molecular weight excluding hydrogens is 544 g/mol. The highest BCUT2D eigenvalue weighted by Crippen LogP contribution is 2.67. The average Bonchev–Trinajstić information content (AvgIpc) is 3.12. The molecule has 8 unspecified atom stereocenters. The van der Waals surface area contributed by atoms with Gasteiger partial charge in [-0.2, -0.15) is 8.42 Å². The van der Waals surface area contributed by atoms with Crippen LogP contribution < -0.4 is 0 Å². The zero-order chi connectivity index (χ0) is 30.3. The standard InChI is InChI=1S/C28H48O11S/c1-11(2)12(3)21(30)22(31)13(4)15-9-16(29)19-18-14(7-8-27(15,19)5)28(6)10-17(39-40(36,37)38)23(32)25(34)20(28)26(35)24(18)33/h11-15,17-26,30-35H,7-10H2,1-6H3,(H,36,37,38)/t12-,13+,14+,15-,17?,18-,19+,20?,21?,22?,23?,24?,25?,26?,27-,28-/m1/s1. The molecule has 12 heteroatoms. The highest BCUT2D eigenvalue weighted by Gasteiger charge is 2.70. The molecular formula is C28H48O11S. The first-order valence-corrected chi connectivity index (χ1v) is 15.9. The number of hydrogen-bond donors (Lipinski definition) is 7. The molecule has 0 spiro atoms. The number of carbonyl (C=O) groups excluding carboxylic acids is 1. The van der Waals surface area contributed by atoms with E-state index < -0.39 is 93.5 Å². The summed E-state index contributed by atoms with van der Waals surface area (Å²) in [5, 5.41) is 66.4. The SMILES string of the molecule is CC(C)[C@@H](C)C(O)C(O)[C@@H](C)[C@H]1CC(=O)[C@H]2[C@@H]3C(O)C(O)C4C(O)C(O)C(OS(=O)(=O)O)C[C@]4(C)[C@H]3CC[C@]12C. The van der Waals surface area contributed by atoms with Gasteiger partial charge in [-0.3, -0.25) is 9.35 Å². The number of aliphatic hydroxyl groups excluding tert-OH is 6. The molecule has 0 aromatic rings. The molecule has 0 amide bonds. The van der Waals surface area contributed by atoms with Crippen molar-refractivity contribution in [3.63, 3.8) is 0 Å². The van der Waals surface area contributed by atoms with Crippen molar-refractivity contribution in [3.05, 3.63) is 0 Å². The topological polar surface area (TPSA) is 202 Å². The predicted octanol–water partition coefficient (Wildman–Crippen LogP) is 0.546. The predicted molar refractivity (Wildman–Crippen MR) is 143 cm³/mol. The van der Waals surface area contributed by atoms with Crippen LogP contribution in [0.3, 0.4) is 0 Å². The summed E-state index contributed by atoms with van der Waals surface area (Å²) in [6.45, 7) is 11.4. The van der Waals surface area contributed by atoms with E-state index in [1.54, 1.807) is 6.92 Å². The van der Waals surface area contributed by atoms with Crippen LogP contribution in [0.15, 0.2) is 0 Å². The molecule has 0 bridgehead atoms. The first-order chi connectivity index (χ1) is 18.3. The molecule has 4 aliphatic rings. The second-order valence-corrected chi connectivity index (χ2v) is 15.2. The number of fused-ring (bicyclic) bond motifs is 5. The highest BCUT2D eigenvalue weighted by atomic mass is 32.3. The van der Waals surface area contributed by atoms with Crippen molar-refractivity contribution in [1.82, 2.24) is 0 Å². The molecule has 4 fully saturated rings. The van der Waals surface area contributed by atoms with E-state index >= 15 is 0 Å². The summed E-state index contributed by atoms with van der Waals surface area (Å²) < 4.78 is 37.0. The zero-order valence-electron chi connectivity index (χ0n) is 24.2. The van der Waals surface area contributed by atoms with Gasteiger partial charge in [-0.05, 0) is 59.7 Å². The quantitative estimate of drug-likeness (QED) is 0.203. The van der Waals surface area contributed by atoms with Gasteiger partial charge >= 0.3 is 10.4 Å². The fraction of sp³-hybridized carbons (Fsp3) is 0.964. The van der Waals surface area contributed by atoms with Gasteiger partial charge in [0.15, 0.2) is 0 Å². The number of ketones is 1. The molecule has 4 saturated carbocycles. The minimum atomic E-state index is -4.96. The molecule has 4 aliphatic carbocycles. The summed E-state index contributed by atoms with van der Waals surface area (Å²) in [4.78, 5) is 13.7. The Labute approximate surface area is 236 Å². The van der Waals surface area contributed by atoms with E-state index in [1.165, 1.54) is 0 Å². The monoisotopic (exact) mass is 592 g/mol. The lowest BCUT2D eigenvalue weighted by Gasteiger charge is -2.64. The summed E-state index contributed by atoms with van der Waals surface area (Å²) >= 11 is 0. The molecule has 7 N–H and O–H groups in total. The van der Waals surface area contributed by atoms with E-state index in [9.17, 15) is 48.4 Å². The molecule has 232 valence electrons. The van der Waals surface area contributed by atoms with Crippen molar-refractivity contribution < 1.29 is 52.6 Å². The van der Waals surface area contributed by atoms with Gasteiger partial charge in [-0.15, -0.1) is 0 Å². The van der Waals surface area contributed by atoms with Crippen molar-refractivity contribution in [1.29, 1.82) is 0 Å². The molecule has 16 atom stereocenters. The molecule has 4 rings (SSSR count). The summed E-state index contributed by atoms with van der Waals surface area (Å²) in [5.41, 5.74) is -1.68. The van der Waals surface area contributed by atoms with Crippen LogP contribution in [0.2, 0.25) is 0 Å². The second kappa shape index (κ2) is 10.8. The Hall–Kier alpha value is -0.700. The second-order valence-electron chi connectivity index (χ2n) is 14.2. The van der Waals surface area contributed by atoms with Gasteiger partial charge in [0.05, 0.1) is 30.5 Å². The van der Waals surface area contributed by atoms with Gasteiger partial charge in [0.25, 0.3) is 0 Å². The summed E-state index contributed by atoms with van der Waals surface area (Å²) in [7, 11) is -4.96. The van der Waals surface area contributed by atoms with E-state index in [2.05, 4.69) is 0 Å². The van der Waals surface area contributed by atoms with Crippen LogP contribution in [-0.4, -0.2) is 92.1 Å². The molecule has 0 saturated heterocycles. The van der Waals surface area contributed by atoms with Gasteiger partial charge < -0.3 is 30.6 Å². The smallest absolute Gasteiger partial charge is 0.390 e. The van der Waals surface area contributed by atoms with Crippen LogP contribution in [0.25, 0.3) is 0 Å². The van der Waals surface area contributed by atoms with Crippen molar-refractivity contribution in [2.45, 2.75) is 110 Å². The van der Waals surface area contributed by atoms with Gasteiger partial charge in [0.1, 0.15) is 18.0 Å². The van der Waals surface area contributed by atoms with E-state index in [0.29, 0.717) is 12.8 Å². The van der Waals surface area contributed by atoms with Crippen molar-refractivity contribution >= 4 is 16.2 Å². The van der Waals surface area contributed by atoms with Crippen LogP contribution in [0.5, 0.6) is 0 Å². The number of Topliss-reactive ketones (excluding diaryl/α,β-unsaturated/α-hetero) is 1. The van der Waals surface area contributed by atoms with Crippen LogP contribution in [0.1, 0.15) is 67.2 Å². The summed E-state index contributed by atoms with van der Waals surface area (Å²) in [6, 6.07) is 0. The van der Waals surface area contributed by atoms with E-state index in [0.717, 1.165) is 0 Å². The van der Waals surface area contributed by atoms with Crippen LogP contribution in [-0.2, 0) is 19.4 Å². The molecule has 0 aromatic carbocycles. The van der Waals surface area contributed by atoms with E-state index in [4.69, 9.17) is 4.18 Å². The number of rotatable bonds is 7. The van der Waals surface area contributed by atoms with Gasteiger partial charge in [-0.25, -0.2) is 4.18 Å². The Morgan fingerprint density at radius 1 is 0.900 bits per heavy atom. The maximum atomic E-state index is 13.7. The summed E-state index contributed by atoms with van der Waals surface area (Å²) in [6.07, 6.45) is -8.72. The summed E-state index contributed by atoms with van der Waals surface area (Å²) in [5.74, 6) is -3.65. The number of aliphatic hydroxyl groups is 6. The number of hydrogen-bond acceptors (Lipinski definition) is 10. The first-order valence-electron chi connectivity index (χ1n) is 14.5. The maximum Gasteiger partial charge on any atom is 0.397 e. The Balaban J connectivity index is 1.68. The Morgan fingerprint density at radius 3 is 2.02 bits per heavy atom. The van der Waals surface area contributed by atoms with E-state index in [1.807, 2.05) is 34.6 Å². The Bertz CT molecular complexity index is 1070. The Morgan fingerprint density at radius 2 is 1.48 bits per heavy atom. The lowest BCUT2D eigenvalue weighted by molar-refractivity contribution is -0.264. The lowest BCUT2D eigenvalue weighted by atomic mass is 9.42. The zero-order valence-corrected chi connectivity index (χ0v) is 25.0. The minimum absolute atomic E-state index is 0.0944. The molecule has 0 radical (unpaired) electrons. The van der Waals surface area contributed by atoms with Gasteiger partial charge in [0, 0.05) is 24.2 Å². The van der Waals surface area contributed by atoms with Gasteiger partial charge in [0.2, 0.25) is 0 Å². The third kappa shape index (κ3) is 4.98. The fourth-order valence-corrected chi connectivity index (χ4v) is 9.99. The third-order valence-corrected chi connectivity index (χ3v) is 12.5.